The van der Waals surface area contributed by atoms with Gasteiger partial charge in [0, 0.05) is 31.6 Å². The fourth-order valence-electron chi connectivity index (χ4n) is 4.02. The van der Waals surface area contributed by atoms with E-state index in [1.807, 2.05) is 32.0 Å². The molecule has 31 heavy (non-hydrogen) atoms. The first kappa shape index (κ1) is 20.4. The molecule has 1 N–H and O–H groups in total. The zero-order valence-electron chi connectivity index (χ0n) is 16.4. The Morgan fingerprint density at radius 3 is 2.65 bits per heavy atom. The van der Waals surface area contributed by atoms with Crippen LogP contribution < -0.4 is 11.2 Å². The van der Waals surface area contributed by atoms with E-state index < -0.39 is 16.6 Å². The Labute approximate surface area is 194 Å². The lowest BCUT2D eigenvalue weighted by Gasteiger charge is -2.20. The van der Waals surface area contributed by atoms with Gasteiger partial charge in [0.25, 0.3) is 5.56 Å². The van der Waals surface area contributed by atoms with Crippen molar-refractivity contribution in [2.45, 2.75) is 29.1 Å². The van der Waals surface area contributed by atoms with Crippen molar-refractivity contribution < 1.29 is 9.52 Å². The van der Waals surface area contributed by atoms with Crippen LogP contribution in [-0.2, 0) is 5.41 Å². The monoisotopic (exact) mass is 515 g/mol. The Morgan fingerprint density at radius 1 is 1.13 bits per heavy atom. The predicted molar refractivity (Wildman–Crippen MR) is 125 cm³/mol. The maximum absolute atomic E-state index is 13.5. The highest BCUT2D eigenvalue weighted by Crippen LogP contribution is 2.44. The van der Waals surface area contributed by atoms with Gasteiger partial charge in [0.15, 0.2) is 5.75 Å². The molecule has 0 radical (unpaired) electrons. The van der Waals surface area contributed by atoms with Crippen LogP contribution in [0.3, 0.4) is 0 Å². The number of halogens is 2. The summed E-state index contributed by atoms with van der Waals surface area (Å²) in [6, 6.07) is 14.2. The molecule has 0 spiro atoms. The molecule has 0 unspecified atom stereocenters. The first-order chi connectivity index (χ1) is 14.7. The maximum atomic E-state index is 13.5. The molecule has 2 aromatic carbocycles. The minimum Gasteiger partial charge on any atom is -0.505 e. The summed E-state index contributed by atoms with van der Waals surface area (Å²) in [5, 5.41) is 11.4. The Bertz CT molecular complexity index is 1520. The highest BCUT2D eigenvalue weighted by Gasteiger charge is 2.38. The summed E-state index contributed by atoms with van der Waals surface area (Å²) in [5.74, 6) is -0.389. The van der Waals surface area contributed by atoms with Crippen LogP contribution in [0.25, 0.3) is 16.7 Å². The molecule has 4 aromatic rings. The quantitative estimate of drug-likeness (QED) is 0.361. The molecule has 0 bridgehead atoms. The summed E-state index contributed by atoms with van der Waals surface area (Å²) in [5.41, 5.74) is 0.820. The van der Waals surface area contributed by atoms with Gasteiger partial charge < -0.3 is 9.52 Å². The fourth-order valence-corrected chi connectivity index (χ4v) is 5.53. The summed E-state index contributed by atoms with van der Waals surface area (Å²) in [7, 11) is 0. The first-order valence-corrected chi connectivity index (χ1v) is 11.4. The topological polar surface area (TPSA) is 72.4 Å². The molecular weight excluding hydrogens is 502 g/mol. The number of pyridine rings is 1. The fraction of sp³-hybridized carbons (Fsp3) is 0.130. The van der Waals surface area contributed by atoms with Crippen LogP contribution >= 0.6 is 39.3 Å². The van der Waals surface area contributed by atoms with E-state index in [0.29, 0.717) is 15.6 Å². The number of hydrogen-bond acceptors (Lipinski definition) is 5. The van der Waals surface area contributed by atoms with E-state index in [1.165, 1.54) is 0 Å². The van der Waals surface area contributed by atoms with E-state index in [1.54, 1.807) is 34.9 Å². The molecular formula is C23H15BrClNO4S. The van der Waals surface area contributed by atoms with Crippen molar-refractivity contribution in [2.75, 3.05) is 0 Å². The van der Waals surface area contributed by atoms with Gasteiger partial charge >= 0.3 is 5.63 Å². The third kappa shape index (κ3) is 3.06. The number of aromatic nitrogens is 1. The zero-order chi connectivity index (χ0) is 22.1. The Morgan fingerprint density at radius 2 is 1.90 bits per heavy atom. The molecule has 0 saturated heterocycles. The lowest BCUT2D eigenvalue weighted by Crippen LogP contribution is -2.24. The number of rotatable bonds is 2. The van der Waals surface area contributed by atoms with Crippen LogP contribution in [0.4, 0.5) is 0 Å². The normalized spacial score (nSPS) is 13.9. The summed E-state index contributed by atoms with van der Waals surface area (Å²) >= 11 is 10.5. The van der Waals surface area contributed by atoms with Crippen molar-refractivity contribution in [1.82, 2.24) is 4.57 Å². The van der Waals surface area contributed by atoms with Crippen molar-refractivity contribution in [3.8, 4) is 11.4 Å². The average molecular weight is 517 g/mol. The second-order valence-electron chi connectivity index (χ2n) is 7.82. The average Bonchev–Trinajstić information content (AvgIpc) is 2.92. The van der Waals surface area contributed by atoms with E-state index in [2.05, 4.69) is 15.9 Å². The lowest BCUT2D eigenvalue weighted by atomic mass is 9.83. The smallest absolute Gasteiger partial charge is 0.354 e. The van der Waals surface area contributed by atoms with Crippen molar-refractivity contribution in [3.63, 3.8) is 0 Å². The number of fused-ring (bicyclic) bond motifs is 4. The van der Waals surface area contributed by atoms with Gasteiger partial charge in [-0.25, -0.2) is 4.79 Å². The van der Waals surface area contributed by atoms with Gasteiger partial charge in [0.05, 0.1) is 5.69 Å². The van der Waals surface area contributed by atoms with Crippen molar-refractivity contribution in [2.24, 2.45) is 0 Å². The highest BCUT2D eigenvalue weighted by molar-refractivity contribution is 9.10. The Hall–Kier alpha value is -2.48. The number of hydrogen-bond donors (Lipinski definition) is 1. The molecule has 1 aliphatic rings. The van der Waals surface area contributed by atoms with E-state index in [-0.39, 0.29) is 21.6 Å². The summed E-state index contributed by atoms with van der Waals surface area (Å²) < 4.78 is 7.99. The van der Waals surface area contributed by atoms with Gasteiger partial charge in [-0.15, -0.1) is 0 Å². The first-order valence-electron chi connectivity index (χ1n) is 9.38. The minimum absolute atomic E-state index is 0.0283. The maximum Gasteiger partial charge on any atom is 0.354 e. The molecule has 8 heteroatoms. The number of benzene rings is 2. The molecule has 0 saturated carbocycles. The van der Waals surface area contributed by atoms with Gasteiger partial charge in [-0.2, -0.15) is 0 Å². The Balaban J connectivity index is 1.80. The minimum atomic E-state index is -0.713. The van der Waals surface area contributed by atoms with Crippen LogP contribution in [-0.4, -0.2) is 9.67 Å². The predicted octanol–water partition coefficient (Wildman–Crippen LogP) is 5.86. The van der Waals surface area contributed by atoms with E-state index in [4.69, 9.17) is 16.0 Å². The van der Waals surface area contributed by atoms with Gasteiger partial charge in [-0.1, -0.05) is 59.2 Å². The second kappa shape index (κ2) is 7.02. The van der Waals surface area contributed by atoms with Crippen LogP contribution in [0.15, 0.2) is 76.8 Å². The molecule has 2 aromatic heterocycles. The second-order valence-corrected chi connectivity index (χ2v) is 10.3. The van der Waals surface area contributed by atoms with Crippen LogP contribution in [0.2, 0.25) is 5.02 Å². The third-order valence-electron chi connectivity index (χ3n) is 5.54. The van der Waals surface area contributed by atoms with Crippen LogP contribution in [0.5, 0.6) is 5.75 Å². The Kier molecular flexibility index (Phi) is 4.62. The van der Waals surface area contributed by atoms with Gasteiger partial charge in [-0.05, 0) is 42.0 Å². The molecule has 0 amide bonds. The number of aromatic hydroxyl groups is 1. The molecule has 5 nitrogen and oxygen atoms in total. The van der Waals surface area contributed by atoms with Gasteiger partial charge in [0.1, 0.15) is 15.9 Å². The standard InChI is InChI=1S/C23H15BrClNO4S/c1-23(2)14-8-11(24)6-7-15(14)26-17(23)10-16-18(21(26)28)19(27)20(22(29)30-16)31-13-5-3-4-12(25)9-13/h3-10,27H,1-2H3. The molecule has 0 fully saturated rings. The van der Waals surface area contributed by atoms with Crippen molar-refractivity contribution in [1.29, 1.82) is 0 Å². The number of nitrogens with zero attached hydrogens (tertiary/aromatic N) is 1. The van der Waals surface area contributed by atoms with Gasteiger partial charge in [0.2, 0.25) is 0 Å². The van der Waals surface area contributed by atoms with E-state index in [0.717, 1.165) is 27.5 Å². The van der Waals surface area contributed by atoms with Gasteiger partial charge in [-0.3, -0.25) is 9.36 Å². The molecule has 0 aliphatic carbocycles. The lowest BCUT2D eigenvalue weighted by molar-refractivity contribution is 0.445. The van der Waals surface area contributed by atoms with Crippen molar-refractivity contribution in [3.05, 3.63) is 90.1 Å². The van der Waals surface area contributed by atoms with Crippen molar-refractivity contribution >= 4 is 50.3 Å². The van der Waals surface area contributed by atoms with E-state index in [9.17, 15) is 14.7 Å². The van der Waals surface area contributed by atoms with E-state index >= 15 is 0 Å². The molecule has 1 aliphatic heterocycles. The highest BCUT2D eigenvalue weighted by atomic mass is 79.9. The summed E-state index contributed by atoms with van der Waals surface area (Å²) in [4.78, 5) is 26.8. The largest absolute Gasteiger partial charge is 0.505 e. The molecule has 0 atom stereocenters. The summed E-state index contributed by atoms with van der Waals surface area (Å²) in [6.45, 7) is 4.01. The SMILES string of the molecule is CC1(C)c2cc(Br)ccc2-n2c1cc1oc(=O)c(Sc3cccc(Cl)c3)c(O)c1c2=O. The molecule has 3 heterocycles. The van der Waals surface area contributed by atoms with Crippen LogP contribution in [0.1, 0.15) is 25.1 Å². The van der Waals surface area contributed by atoms with Crippen LogP contribution in [0, 0.1) is 0 Å². The zero-order valence-corrected chi connectivity index (χ0v) is 19.6. The molecule has 156 valence electrons. The molecule has 5 rings (SSSR count). The summed E-state index contributed by atoms with van der Waals surface area (Å²) in [6.07, 6.45) is 0. The third-order valence-corrected chi connectivity index (χ3v) is 7.32.